The van der Waals surface area contributed by atoms with E-state index in [2.05, 4.69) is 10.0 Å². The van der Waals surface area contributed by atoms with Crippen molar-refractivity contribution in [3.05, 3.63) is 53.5 Å². The van der Waals surface area contributed by atoms with Gasteiger partial charge in [-0.15, -0.1) is 0 Å². The normalized spacial score (nSPS) is 11.7. The molecule has 5 nitrogen and oxygen atoms in total. The Labute approximate surface area is 125 Å². The van der Waals surface area contributed by atoms with Crippen LogP contribution < -0.4 is 10.0 Å². The van der Waals surface area contributed by atoms with Gasteiger partial charge in [-0.3, -0.25) is 0 Å². The molecular formula is C15H20N2O3S. The summed E-state index contributed by atoms with van der Waals surface area (Å²) in [6.45, 7) is 2.92. The number of hydrogen-bond acceptors (Lipinski definition) is 4. The fraction of sp³-hybridized carbons (Fsp3) is 0.333. The minimum atomic E-state index is -3.49. The molecule has 0 bridgehead atoms. The van der Waals surface area contributed by atoms with E-state index >= 15 is 0 Å². The van der Waals surface area contributed by atoms with Crippen molar-refractivity contribution < 1.29 is 12.8 Å². The van der Waals surface area contributed by atoms with Crippen molar-refractivity contribution in [3.63, 3.8) is 0 Å². The van der Waals surface area contributed by atoms with Gasteiger partial charge < -0.3 is 9.73 Å². The highest BCUT2D eigenvalue weighted by atomic mass is 32.2. The highest BCUT2D eigenvalue weighted by Gasteiger charge is 2.15. The van der Waals surface area contributed by atoms with Crippen molar-refractivity contribution in [3.8, 4) is 0 Å². The quantitative estimate of drug-likeness (QED) is 0.818. The summed E-state index contributed by atoms with van der Waals surface area (Å²) in [7, 11) is -1.65. The van der Waals surface area contributed by atoms with Gasteiger partial charge in [0.05, 0.1) is 11.2 Å². The van der Waals surface area contributed by atoms with Crippen LogP contribution in [0.2, 0.25) is 0 Å². The molecule has 1 aromatic carbocycles. The third-order valence-electron chi connectivity index (χ3n) is 3.24. The molecule has 0 unspecified atom stereocenters. The Morgan fingerprint density at radius 1 is 1.24 bits per heavy atom. The van der Waals surface area contributed by atoms with Gasteiger partial charge in [-0.1, -0.05) is 6.07 Å². The molecule has 21 heavy (non-hydrogen) atoms. The van der Waals surface area contributed by atoms with E-state index < -0.39 is 10.0 Å². The summed E-state index contributed by atoms with van der Waals surface area (Å²) in [5.74, 6) is 0.762. The Bertz CT molecular complexity index is 679. The fourth-order valence-electron chi connectivity index (χ4n) is 2.04. The lowest BCUT2D eigenvalue weighted by Gasteiger charge is -2.10. The first-order chi connectivity index (χ1) is 10.0. The molecule has 114 valence electrons. The first-order valence-electron chi connectivity index (χ1n) is 6.79. The molecule has 0 fully saturated rings. The highest BCUT2D eigenvalue weighted by molar-refractivity contribution is 7.89. The van der Waals surface area contributed by atoms with Crippen molar-refractivity contribution >= 4 is 10.0 Å². The van der Waals surface area contributed by atoms with Crippen LogP contribution in [0, 0.1) is 6.92 Å². The molecule has 0 saturated carbocycles. The van der Waals surface area contributed by atoms with Gasteiger partial charge in [0.2, 0.25) is 10.0 Å². The summed E-state index contributed by atoms with van der Waals surface area (Å²) in [6.07, 6.45) is 2.11. The maximum absolute atomic E-state index is 12.3. The molecule has 1 heterocycles. The summed E-state index contributed by atoms with van der Waals surface area (Å²) in [5, 5.41) is 3.04. The molecule has 0 spiro atoms. The molecule has 0 aliphatic carbocycles. The van der Waals surface area contributed by atoms with Gasteiger partial charge in [-0.2, -0.15) is 0 Å². The molecule has 2 aromatic rings. The highest BCUT2D eigenvalue weighted by Crippen LogP contribution is 2.15. The zero-order valence-electron chi connectivity index (χ0n) is 12.2. The van der Waals surface area contributed by atoms with E-state index in [0.717, 1.165) is 16.9 Å². The maximum Gasteiger partial charge on any atom is 0.240 e. The molecule has 1 aromatic heterocycles. The maximum atomic E-state index is 12.3. The topological polar surface area (TPSA) is 71.3 Å². The Morgan fingerprint density at radius 2 is 2.05 bits per heavy atom. The second kappa shape index (κ2) is 6.89. The van der Waals surface area contributed by atoms with Crippen molar-refractivity contribution in [1.82, 2.24) is 10.0 Å². The number of aryl methyl sites for hydroxylation is 1. The molecule has 6 heteroatoms. The summed E-state index contributed by atoms with van der Waals surface area (Å²) in [6, 6.07) is 8.78. The van der Waals surface area contributed by atoms with Gasteiger partial charge >= 0.3 is 0 Å². The van der Waals surface area contributed by atoms with Crippen molar-refractivity contribution in [2.24, 2.45) is 0 Å². The lowest BCUT2D eigenvalue weighted by Crippen LogP contribution is -2.26. The zero-order chi connectivity index (χ0) is 15.3. The van der Waals surface area contributed by atoms with E-state index in [0.29, 0.717) is 19.5 Å². The SMILES string of the molecule is CNCc1cc(S(=O)(=O)NCCc2ccco2)ccc1C. The number of nitrogens with one attached hydrogen (secondary N) is 2. The second-order valence-electron chi connectivity index (χ2n) is 4.85. The molecule has 2 rings (SSSR count). The summed E-state index contributed by atoms with van der Waals surface area (Å²) < 4.78 is 32.3. The molecule has 0 radical (unpaired) electrons. The van der Waals surface area contributed by atoms with Crippen molar-refractivity contribution in [1.29, 1.82) is 0 Å². The van der Waals surface area contributed by atoms with Gasteiger partial charge in [0.25, 0.3) is 0 Å². The predicted octanol–water partition coefficient (Wildman–Crippen LogP) is 1.83. The lowest BCUT2D eigenvalue weighted by atomic mass is 10.1. The monoisotopic (exact) mass is 308 g/mol. The molecule has 0 amide bonds. The van der Waals surface area contributed by atoms with Crippen LogP contribution in [-0.2, 0) is 23.0 Å². The number of hydrogen-bond donors (Lipinski definition) is 2. The Morgan fingerprint density at radius 3 is 2.71 bits per heavy atom. The van der Waals surface area contributed by atoms with E-state index in [4.69, 9.17) is 4.42 Å². The lowest BCUT2D eigenvalue weighted by molar-refractivity contribution is 0.506. The van der Waals surface area contributed by atoms with Crippen LogP contribution in [0.5, 0.6) is 0 Å². The fourth-order valence-corrected chi connectivity index (χ4v) is 3.12. The van der Waals surface area contributed by atoms with Gasteiger partial charge in [-0.25, -0.2) is 13.1 Å². The molecule has 0 aliphatic rings. The number of benzene rings is 1. The molecule has 0 saturated heterocycles. The van der Waals surface area contributed by atoms with E-state index in [9.17, 15) is 8.42 Å². The predicted molar refractivity (Wildman–Crippen MR) is 81.5 cm³/mol. The van der Waals surface area contributed by atoms with Crippen LogP contribution in [0.15, 0.2) is 45.9 Å². The number of furan rings is 1. The third kappa shape index (κ3) is 4.17. The van der Waals surface area contributed by atoms with Crippen LogP contribution >= 0.6 is 0 Å². The van der Waals surface area contributed by atoms with Gasteiger partial charge in [0, 0.05) is 19.5 Å². The standard InChI is InChI=1S/C15H20N2O3S/c1-12-5-6-15(10-13(12)11-16-2)21(18,19)17-8-7-14-4-3-9-20-14/h3-6,9-10,16-17H,7-8,11H2,1-2H3. The van der Waals surface area contributed by atoms with E-state index in [1.54, 1.807) is 24.5 Å². The van der Waals surface area contributed by atoms with Gasteiger partial charge in [0.1, 0.15) is 5.76 Å². The second-order valence-corrected chi connectivity index (χ2v) is 6.61. The minimum absolute atomic E-state index is 0.290. The molecule has 0 atom stereocenters. The van der Waals surface area contributed by atoms with Crippen LogP contribution in [0.3, 0.4) is 0 Å². The van der Waals surface area contributed by atoms with Crippen LogP contribution in [-0.4, -0.2) is 22.0 Å². The molecule has 2 N–H and O–H groups in total. The first-order valence-corrected chi connectivity index (χ1v) is 8.27. The van der Waals surface area contributed by atoms with E-state index in [1.165, 1.54) is 0 Å². The minimum Gasteiger partial charge on any atom is -0.469 e. The molecule has 0 aliphatic heterocycles. The first kappa shape index (κ1) is 15.8. The zero-order valence-corrected chi connectivity index (χ0v) is 13.0. The van der Waals surface area contributed by atoms with Crippen molar-refractivity contribution in [2.45, 2.75) is 24.8 Å². The van der Waals surface area contributed by atoms with Crippen LogP contribution in [0.25, 0.3) is 0 Å². The van der Waals surface area contributed by atoms with E-state index in [-0.39, 0.29) is 4.90 Å². The average Bonchev–Trinajstić information content (AvgIpc) is 2.94. The van der Waals surface area contributed by atoms with Gasteiger partial charge in [0.15, 0.2) is 0 Å². The Balaban J connectivity index is 2.06. The Kier molecular flexibility index (Phi) is 5.17. The smallest absolute Gasteiger partial charge is 0.240 e. The summed E-state index contributed by atoms with van der Waals surface area (Å²) in [4.78, 5) is 0.290. The van der Waals surface area contributed by atoms with E-state index in [1.807, 2.05) is 26.1 Å². The van der Waals surface area contributed by atoms with Crippen LogP contribution in [0.1, 0.15) is 16.9 Å². The molecular weight excluding hydrogens is 288 g/mol. The average molecular weight is 308 g/mol. The van der Waals surface area contributed by atoms with Crippen molar-refractivity contribution in [2.75, 3.05) is 13.6 Å². The summed E-state index contributed by atoms with van der Waals surface area (Å²) in [5.41, 5.74) is 2.05. The Hall–Kier alpha value is -1.63. The largest absolute Gasteiger partial charge is 0.469 e. The summed E-state index contributed by atoms with van der Waals surface area (Å²) >= 11 is 0. The number of sulfonamides is 1. The third-order valence-corrected chi connectivity index (χ3v) is 4.70. The van der Waals surface area contributed by atoms with Gasteiger partial charge in [-0.05, 0) is 49.4 Å². The number of rotatable bonds is 7. The van der Waals surface area contributed by atoms with Crippen LogP contribution in [0.4, 0.5) is 0 Å².